The monoisotopic (exact) mass is 494 g/mol. The fourth-order valence-corrected chi connectivity index (χ4v) is 3.57. The third kappa shape index (κ3) is 4.55. The summed E-state index contributed by atoms with van der Waals surface area (Å²) in [5, 5.41) is 68.8. The highest BCUT2D eigenvalue weighted by molar-refractivity contribution is 5.86. The zero-order chi connectivity index (χ0) is 25.4. The molecule has 0 bridgehead atoms. The van der Waals surface area contributed by atoms with Gasteiger partial charge in [-0.2, -0.15) is 4.89 Å². The minimum atomic E-state index is -1.73. The van der Waals surface area contributed by atoms with Crippen molar-refractivity contribution in [1.82, 2.24) is 0 Å². The maximum atomic E-state index is 12.6. The van der Waals surface area contributed by atoms with Gasteiger partial charge in [-0.05, 0) is 12.1 Å². The van der Waals surface area contributed by atoms with E-state index in [0.717, 1.165) is 18.2 Å². The van der Waals surface area contributed by atoms with Gasteiger partial charge in [-0.3, -0.25) is 4.79 Å². The number of phenols is 3. The standard InChI is InChI=1S/C22H22O13/c1-31-15-3-8(2-12(26)18(15)27)13-6-11(25)17-10(24)4-9(5-14(17)32-13)34-35-22-21(30)20(29)19(28)16(7-23)33-22/h2-6,16,19-24,26-30H,7H2,1H3. The summed E-state index contributed by atoms with van der Waals surface area (Å²) in [6, 6.07) is 5.74. The zero-order valence-electron chi connectivity index (χ0n) is 18.1. The van der Waals surface area contributed by atoms with E-state index in [0.29, 0.717) is 0 Å². The van der Waals surface area contributed by atoms with Crippen LogP contribution in [0.4, 0.5) is 0 Å². The highest BCUT2D eigenvalue weighted by Gasteiger charge is 2.45. The van der Waals surface area contributed by atoms with Gasteiger partial charge in [0.15, 0.2) is 22.7 Å². The minimum absolute atomic E-state index is 0.0394. The van der Waals surface area contributed by atoms with Gasteiger partial charge in [0.1, 0.15) is 46.9 Å². The van der Waals surface area contributed by atoms with E-state index >= 15 is 0 Å². The van der Waals surface area contributed by atoms with Gasteiger partial charge >= 0.3 is 0 Å². The van der Waals surface area contributed by atoms with Crippen LogP contribution >= 0.6 is 0 Å². The first-order chi connectivity index (χ1) is 16.6. The van der Waals surface area contributed by atoms with Gasteiger partial charge in [0.25, 0.3) is 0 Å². The molecule has 13 heteroatoms. The van der Waals surface area contributed by atoms with Crippen molar-refractivity contribution in [2.45, 2.75) is 30.7 Å². The Morgan fingerprint density at radius 1 is 0.943 bits per heavy atom. The molecule has 1 aliphatic rings. The van der Waals surface area contributed by atoms with E-state index < -0.39 is 60.0 Å². The normalized spacial score (nSPS) is 24.4. The summed E-state index contributed by atoms with van der Waals surface area (Å²) >= 11 is 0. The number of methoxy groups -OCH3 is 1. The first kappa shape index (κ1) is 24.5. The Balaban J connectivity index is 1.65. The van der Waals surface area contributed by atoms with E-state index in [1.807, 2.05) is 0 Å². The first-order valence-electron chi connectivity index (χ1n) is 10.2. The van der Waals surface area contributed by atoms with Crippen molar-refractivity contribution in [3.63, 3.8) is 0 Å². The van der Waals surface area contributed by atoms with Crippen molar-refractivity contribution < 1.29 is 59.4 Å². The molecule has 1 aromatic heterocycles. The number of rotatable bonds is 6. The molecule has 7 N–H and O–H groups in total. The molecule has 4 rings (SSSR count). The van der Waals surface area contributed by atoms with E-state index in [1.54, 1.807) is 0 Å². The smallest absolute Gasteiger partial charge is 0.232 e. The lowest BCUT2D eigenvalue weighted by Crippen LogP contribution is -2.59. The molecule has 1 saturated heterocycles. The molecule has 0 saturated carbocycles. The van der Waals surface area contributed by atoms with Crippen molar-refractivity contribution in [2.24, 2.45) is 0 Å². The van der Waals surface area contributed by atoms with E-state index in [2.05, 4.69) is 0 Å². The fraction of sp³-hybridized carbons (Fsp3) is 0.318. The molecule has 35 heavy (non-hydrogen) atoms. The highest BCUT2D eigenvalue weighted by atomic mass is 17.2. The third-order valence-electron chi connectivity index (χ3n) is 5.43. The number of hydrogen-bond acceptors (Lipinski definition) is 13. The Bertz CT molecular complexity index is 1280. The molecule has 1 aliphatic heterocycles. The summed E-state index contributed by atoms with van der Waals surface area (Å²) in [5.74, 6) is -1.86. The molecule has 5 unspecified atom stereocenters. The third-order valence-corrected chi connectivity index (χ3v) is 5.43. The maximum Gasteiger partial charge on any atom is 0.232 e. The minimum Gasteiger partial charge on any atom is -0.507 e. The number of aliphatic hydroxyl groups excluding tert-OH is 4. The largest absolute Gasteiger partial charge is 0.507 e. The number of aliphatic hydroxyl groups is 4. The number of benzene rings is 2. The number of ether oxygens (including phenoxy) is 2. The summed E-state index contributed by atoms with van der Waals surface area (Å²) in [4.78, 5) is 22.7. The van der Waals surface area contributed by atoms with Crippen molar-refractivity contribution in [1.29, 1.82) is 0 Å². The topological polar surface area (TPSA) is 209 Å². The second-order valence-corrected chi connectivity index (χ2v) is 7.71. The van der Waals surface area contributed by atoms with Gasteiger partial charge in [0, 0.05) is 23.8 Å². The average Bonchev–Trinajstić information content (AvgIpc) is 2.83. The fourth-order valence-electron chi connectivity index (χ4n) is 3.57. The molecule has 0 amide bonds. The van der Waals surface area contributed by atoms with Crippen LogP contribution < -0.4 is 15.1 Å². The molecule has 2 aromatic carbocycles. The highest BCUT2D eigenvalue weighted by Crippen LogP contribution is 2.40. The van der Waals surface area contributed by atoms with Crippen LogP contribution in [0.5, 0.6) is 28.7 Å². The Kier molecular flexibility index (Phi) is 6.71. The molecular formula is C22H22O13. The van der Waals surface area contributed by atoms with Crippen LogP contribution in [0.15, 0.2) is 39.5 Å². The van der Waals surface area contributed by atoms with Gasteiger partial charge in [-0.1, -0.05) is 0 Å². The van der Waals surface area contributed by atoms with Crippen molar-refractivity contribution >= 4 is 11.0 Å². The predicted octanol–water partition coefficient (Wildman–Crippen LogP) is -0.304. The summed E-state index contributed by atoms with van der Waals surface area (Å²) in [7, 11) is 1.27. The maximum absolute atomic E-state index is 12.6. The molecule has 3 aromatic rings. The molecule has 0 aliphatic carbocycles. The van der Waals surface area contributed by atoms with Gasteiger partial charge in [0.2, 0.25) is 12.0 Å². The molecule has 2 heterocycles. The number of fused-ring (bicyclic) bond motifs is 1. The molecule has 5 atom stereocenters. The van der Waals surface area contributed by atoms with Crippen LogP contribution in [0.1, 0.15) is 0 Å². The number of aromatic hydroxyl groups is 3. The van der Waals surface area contributed by atoms with E-state index in [4.69, 9.17) is 23.7 Å². The van der Waals surface area contributed by atoms with E-state index in [9.17, 15) is 40.5 Å². The van der Waals surface area contributed by atoms with Gasteiger partial charge in [-0.25, -0.2) is 0 Å². The summed E-state index contributed by atoms with van der Waals surface area (Å²) in [5.41, 5.74) is -0.599. The Hall–Kier alpha value is -3.59. The lowest BCUT2D eigenvalue weighted by Gasteiger charge is -2.38. The first-order valence-corrected chi connectivity index (χ1v) is 10.2. The summed E-state index contributed by atoms with van der Waals surface area (Å²) < 4.78 is 15.8. The van der Waals surface area contributed by atoms with Crippen molar-refractivity contribution in [3.05, 3.63) is 40.6 Å². The SMILES string of the molecule is COc1cc(-c2cc(=O)c3c(O)cc(OOC4OC(CO)C(O)C(O)C4O)cc3o2)cc(O)c1O. The van der Waals surface area contributed by atoms with Crippen molar-refractivity contribution in [2.75, 3.05) is 13.7 Å². The van der Waals surface area contributed by atoms with Crippen LogP contribution in [-0.4, -0.2) is 80.2 Å². The van der Waals surface area contributed by atoms with Gasteiger partial charge in [-0.15, -0.1) is 0 Å². The Morgan fingerprint density at radius 3 is 2.37 bits per heavy atom. The molecule has 13 nitrogen and oxygen atoms in total. The van der Waals surface area contributed by atoms with Crippen LogP contribution in [-0.2, 0) is 9.62 Å². The molecule has 1 fully saturated rings. The Labute approximate surface area is 196 Å². The molecule has 0 radical (unpaired) electrons. The van der Waals surface area contributed by atoms with Crippen LogP contribution in [0, 0.1) is 0 Å². The lowest BCUT2D eigenvalue weighted by atomic mass is 9.99. The van der Waals surface area contributed by atoms with Crippen molar-refractivity contribution in [3.8, 4) is 40.1 Å². The quantitative estimate of drug-likeness (QED) is 0.133. The second-order valence-electron chi connectivity index (χ2n) is 7.71. The van der Waals surface area contributed by atoms with Crippen LogP contribution in [0.25, 0.3) is 22.3 Å². The lowest BCUT2D eigenvalue weighted by molar-refractivity contribution is -0.386. The van der Waals surface area contributed by atoms with E-state index in [1.165, 1.54) is 19.2 Å². The second kappa shape index (κ2) is 9.58. The molecule has 0 spiro atoms. The van der Waals surface area contributed by atoms with Gasteiger partial charge in [0.05, 0.1) is 13.7 Å². The summed E-state index contributed by atoms with van der Waals surface area (Å²) in [6.45, 7) is -0.674. The number of phenolic OH excluding ortho intramolecular Hbond substituents is 3. The molecule has 188 valence electrons. The average molecular weight is 494 g/mol. The van der Waals surface area contributed by atoms with E-state index in [-0.39, 0.29) is 33.8 Å². The molecular weight excluding hydrogens is 472 g/mol. The Morgan fingerprint density at radius 2 is 1.69 bits per heavy atom. The van der Waals surface area contributed by atoms with Gasteiger partial charge < -0.3 is 54.5 Å². The van der Waals surface area contributed by atoms with Crippen LogP contribution in [0.2, 0.25) is 0 Å². The zero-order valence-corrected chi connectivity index (χ0v) is 18.1. The summed E-state index contributed by atoms with van der Waals surface area (Å²) in [6.07, 6.45) is -7.87. The number of hydrogen-bond donors (Lipinski definition) is 7. The van der Waals surface area contributed by atoms with Crippen LogP contribution in [0.3, 0.4) is 0 Å². The predicted molar refractivity (Wildman–Crippen MR) is 115 cm³/mol.